The van der Waals surface area contributed by atoms with E-state index in [9.17, 15) is 30.8 Å². The van der Waals surface area contributed by atoms with E-state index in [1.165, 1.54) is 30.3 Å². The molecule has 2 aromatic carbocycles. The number of aryl methyl sites for hydroxylation is 4. The fourth-order valence-corrected chi connectivity index (χ4v) is 10.4. The number of aromatic nitrogens is 4. The minimum atomic E-state index is -4.07. The van der Waals surface area contributed by atoms with Crippen LogP contribution in [-0.4, -0.2) is 79.2 Å². The van der Waals surface area contributed by atoms with Crippen LogP contribution in [-0.2, 0) is 39.1 Å². The number of ether oxygens (including phenoxy) is 3. The molecule has 2 saturated carbocycles. The molecule has 0 saturated heterocycles. The number of pyridine rings is 4. The quantitative estimate of drug-likeness (QED) is 0.0567. The second-order valence-electron chi connectivity index (χ2n) is 16.8. The van der Waals surface area contributed by atoms with Crippen LogP contribution in [0, 0.1) is 33.6 Å². The second-order valence-corrected chi connectivity index (χ2v) is 20.9. The van der Waals surface area contributed by atoms with Gasteiger partial charge in [-0.05, 0) is 144 Å². The standard InChI is InChI=1S/C25H26ClN3O5S.C18H15ClFN3O2S.C7H12O3.Na.H/c1-16-5-3-6-17(2)24(16)25-20(26)13-14-21(27-25)29-35(31,32)23-8-4-7-22(28-23)34-19-11-9-18(10-12-19)33-15-30;1-11-5-3-6-12(2)17(11)18-13(19)9-10-15(22-18)23-26(24,25)16-8-4-7-14(20)21-16;8-5-10-7-3-1-6(9)2-4-7;;/h3-8,13-15,18-19H,9-12H2,1-2H3,(H,27,29);3-10H,1-2H3,(H,22,23);5-7,9H,1-4H2;;/q;;;+1;-1. The molecule has 8 rings (SSSR count). The van der Waals surface area contributed by atoms with Gasteiger partial charge in [0.05, 0.1) is 27.5 Å². The van der Waals surface area contributed by atoms with E-state index in [1.54, 1.807) is 24.3 Å². The summed E-state index contributed by atoms with van der Waals surface area (Å²) in [5, 5.41) is 9.26. The summed E-state index contributed by atoms with van der Waals surface area (Å²) in [6.07, 6.45) is 5.54. The number of nitrogens with one attached hydrogen (secondary N) is 2. The topological polar surface area (TPSA) is 226 Å². The number of halogens is 3. The van der Waals surface area contributed by atoms with Gasteiger partial charge in [-0.1, -0.05) is 71.7 Å². The molecule has 0 atom stereocenters. The molecule has 2 fully saturated rings. The first kappa shape index (κ1) is 57.6. The summed E-state index contributed by atoms with van der Waals surface area (Å²) in [4.78, 5) is 36.8. The van der Waals surface area contributed by atoms with Crippen molar-refractivity contribution in [2.24, 2.45) is 0 Å². The molecular weight excluding hydrogens is 1020 g/mol. The van der Waals surface area contributed by atoms with Gasteiger partial charge in [0.25, 0.3) is 33.0 Å². The molecule has 72 heavy (non-hydrogen) atoms. The van der Waals surface area contributed by atoms with Crippen molar-refractivity contribution in [1.29, 1.82) is 0 Å². The average Bonchev–Trinajstić information content (AvgIpc) is 3.33. The first-order valence-corrected chi connectivity index (χ1v) is 26.2. The summed E-state index contributed by atoms with van der Waals surface area (Å²) in [6.45, 7) is 8.71. The molecular formula is C50H54Cl2FN6NaO10S2. The largest absolute Gasteiger partial charge is 1.00 e. The summed E-state index contributed by atoms with van der Waals surface area (Å²) >= 11 is 12.7. The zero-order valence-corrected chi connectivity index (χ0v) is 45.4. The van der Waals surface area contributed by atoms with E-state index in [0.717, 1.165) is 65.1 Å². The Bertz CT molecular complexity index is 3020. The van der Waals surface area contributed by atoms with Gasteiger partial charge in [-0.3, -0.25) is 19.0 Å². The van der Waals surface area contributed by atoms with Crippen molar-refractivity contribution < 1.29 is 81.1 Å². The molecule has 2 aliphatic rings. The molecule has 3 N–H and O–H groups in total. The van der Waals surface area contributed by atoms with Crippen LogP contribution in [0.2, 0.25) is 10.0 Å². The Balaban J connectivity index is 0.000000267. The van der Waals surface area contributed by atoms with E-state index < -0.39 is 31.0 Å². The maximum Gasteiger partial charge on any atom is 1.00 e. The van der Waals surface area contributed by atoms with Crippen LogP contribution in [0.15, 0.2) is 107 Å². The van der Waals surface area contributed by atoms with Crippen molar-refractivity contribution in [2.45, 2.75) is 114 Å². The van der Waals surface area contributed by atoms with Gasteiger partial charge in [0.15, 0.2) is 10.1 Å². The second kappa shape index (κ2) is 26.6. The Morgan fingerprint density at radius 2 is 0.958 bits per heavy atom. The van der Waals surface area contributed by atoms with Crippen LogP contribution in [0.1, 0.15) is 75.0 Å². The molecule has 0 bridgehead atoms. The number of carbonyl (C=O) groups excluding carboxylic acids is 2. The Hall–Kier alpha value is -5.25. The van der Waals surface area contributed by atoms with Gasteiger partial charge in [-0.2, -0.15) is 26.2 Å². The molecule has 4 heterocycles. The fourth-order valence-electron chi connectivity index (χ4n) is 8.05. The summed E-state index contributed by atoms with van der Waals surface area (Å²) in [7, 11) is -8.10. The van der Waals surface area contributed by atoms with Gasteiger partial charge in [0.2, 0.25) is 11.8 Å². The van der Waals surface area contributed by atoms with Crippen LogP contribution < -0.4 is 43.7 Å². The number of hydrogen-bond acceptors (Lipinski definition) is 14. The molecule has 2 aliphatic carbocycles. The molecule has 0 aliphatic heterocycles. The predicted molar refractivity (Wildman–Crippen MR) is 269 cm³/mol. The smallest absolute Gasteiger partial charge is 1.00 e. The molecule has 378 valence electrons. The minimum Gasteiger partial charge on any atom is -1.00 e. The summed E-state index contributed by atoms with van der Waals surface area (Å²) in [5.41, 5.74) is 6.56. The predicted octanol–water partition coefficient (Wildman–Crippen LogP) is 7.01. The van der Waals surface area contributed by atoms with Crippen molar-refractivity contribution in [3.63, 3.8) is 0 Å². The van der Waals surface area contributed by atoms with Gasteiger partial charge < -0.3 is 20.7 Å². The number of sulfonamides is 2. The minimum absolute atomic E-state index is 0. The molecule has 16 nitrogen and oxygen atoms in total. The van der Waals surface area contributed by atoms with E-state index in [2.05, 4.69) is 29.4 Å². The zero-order chi connectivity index (χ0) is 51.3. The van der Waals surface area contributed by atoms with Gasteiger partial charge in [0.1, 0.15) is 29.9 Å². The van der Waals surface area contributed by atoms with E-state index in [4.69, 9.17) is 42.5 Å². The number of nitrogens with zero attached hydrogens (tertiary/aromatic N) is 4. The molecule has 4 aromatic heterocycles. The van der Waals surface area contributed by atoms with E-state index >= 15 is 0 Å². The third-order valence-electron chi connectivity index (χ3n) is 11.6. The third-order valence-corrected chi connectivity index (χ3v) is 14.7. The third kappa shape index (κ3) is 15.9. The first-order chi connectivity index (χ1) is 33.9. The average molecular weight is 1080 g/mol. The van der Waals surface area contributed by atoms with Crippen LogP contribution in [0.25, 0.3) is 22.5 Å². The van der Waals surface area contributed by atoms with Crippen molar-refractivity contribution in [3.05, 3.63) is 135 Å². The number of carbonyl (C=O) groups is 2. The maximum atomic E-state index is 13.2. The Kier molecular flexibility index (Phi) is 21.3. The van der Waals surface area contributed by atoms with Crippen molar-refractivity contribution in [2.75, 3.05) is 9.44 Å². The number of anilines is 2. The number of benzene rings is 2. The van der Waals surface area contributed by atoms with E-state index in [0.29, 0.717) is 60.1 Å². The summed E-state index contributed by atoms with van der Waals surface area (Å²) in [6, 6.07) is 25.9. The first-order valence-electron chi connectivity index (χ1n) is 22.5. The molecule has 0 unspecified atom stereocenters. The summed E-state index contributed by atoms with van der Waals surface area (Å²) in [5.74, 6) is -0.465. The Morgan fingerprint density at radius 1 is 0.569 bits per heavy atom. The van der Waals surface area contributed by atoms with Gasteiger partial charge in [-0.15, -0.1) is 0 Å². The maximum absolute atomic E-state index is 13.2. The zero-order valence-electron chi connectivity index (χ0n) is 41.2. The molecule has 0 spiro atoms. The monoisotopic (exact) mass is 1070 g/mol. The Labute approximate surface area is 452 Å². The van der Waals surface area contributed by atoms with Crippen LogP contribution in [0.5, 0.6) is 5.88 Å². The van der Waals surface area contributed by atoms with Crippen molar-refractivity contribution in [3.8, 4) is 28.4 Å². The SMILES string of the molecule is Cc1cccc(C)c1-c1nc(NS(=O)(=O)c2cccc(F)n2)ccc1Cl.Cc1cccc(C)c1-c1nc(NS(=O)(=O)c2cccc(OC3CCC(OC=O)CC3)n2)ccc1Cl.O=COC1CCC(O)CC1.[H-].[Na+]. The Morgan fingerprint density at radius 3 is 1.39 bits per heavy atom. The molecule has 22 heteroatoms. The number of hydrogen-bond donors (Lipinski definition) is 3. The van der Waals surface area contributed by atoms with Gasteiger partial charge in [-0.25, -0.2) is 15.0 Å². The summed E-state index contributed by atoms with van der Waals surface area (Å²) < 4.78 is 84.7. The van der Waals surface area contributed by atoms with Crippen LogP contribution in [0.3, 0.4) is 0 Å². The number of aliphatic hydroxyl groups excluding tert-OH is 1. The van der Waals surface area contributed by atoms with E-state index in [1.807, 2.05) is 64.1 Å². The molecule has 6 aromatic rings. The van der Waals surface area contributed by atoms with Crippen molar-refractivity contribution in [1.82, 2.24) is 19.9 Å². The van der Waals surface area contributed by atoms with E-state index in [-0.39, 0.29) is 77.9 Å². The van der Waals surface area contributed by atoms with Crippen molar-refractivity contribution >= 4 is 67.8 Å². The molecule has 0 amide bonds. The normalized spacial score (nSPS) is 17.5. The van der Waals surface area contributed by atoms with Crippen LogP contribution >= 0.6 is 23.2 Å². The fraction of sp³-hybridized carbons (Fsp3) is 0.320. The number of aliphatic hydroxyl groups is 1. The van der Waals surface area contributed by atoms with Crippen LogP contribution in [0.4, 0.5) is 16.0 Å². The molecule has 0 radical (unpaired) electrons. The van der Waals surface area contributed by atoms with Gasteiger partial charge >= 0.3 is 29.6 Å². The van der Waals surface area contributed by atoms with Gasteiger partial charge in [0, 0.05) is 17.2 Å². The number of rotatable bonds is 14.